The molecule has 1 saturated heterocycles. The van der Waals surface area contributed by atoms with E-state index in [1.165, 1.54) is 6.07 Å². The van der Waals surface area contributed by atoms with Crippen LogP contribution in [0.25, 0.3) is 0 Å². The first-order chi connectivity index (χ1) is 8.11. The molecule has 1 fully saturated rings. The second kappa shape index (κ2) is 5.10. The third-order valence-corrected chi connectivity index (χ3v) is 3.33. The molecule has 1 aliphatic rings. The molecule has 1 heterocycles. The number of rotatable bonds is 3. The van der Waals surface area contributed by atoms with Gasteiger partial charge in [-0.15, -0.1) is 0 Å². The average Bonchev–Trinajstić information content (AvgIpc) is 2.32. The van der Waals surface area contributed by atoms with E-state index in [0.717, 1.165) is 32.1 Å². The van der Waals surface area contributed by atoms with Crippen LogP contribution in [0.1, 0.15) is 25.3 Å². The van der Waals surface area contributed by atoms with Crippen molar-refractivity contribution in [1.29, 1.82) is 0 Å². The van der Waals surface area contributed by atoms with Gasteiger partial charge in [0.15, 0.2) is 11.6 Å². The Labute approximate surface area is 100.0 Å². The molecule has 1 aliphatic heterocycles. The summed E-state index contributed by atoms with van der Waals surface area (Å²) in [5.74, 6) is -1.54. The minimum Gasteiger partial charge on any atom is -0.381 e. The standard InChI is InChI=1S/C13H17F2NO/c1-13(5-7-17-8-6-13)16-9-10-3-2-4-11(14)12(10)15/h2-4,16H,5-9H2,1H3. The minimum atomic E-state index is -0.790. The van der Waals surface area contributed by atoms with Crippen LogP contribution >= 0.6 is 0 Å². The summed E-state index contributed by atoms with van der Waals surface area (Å²) in [4.78, 5) is 0. The van der Waals surface area contributed by atoms with Crippen molar-refractivity contribution in [3.8, 4) is 0 Å². The van der Waals surface area contributed by atoms with Crippen molar-refractivity contribution in [3.63, 3.8) is 0 Å². The molecule has 2 rings (SSSR count). The summed E-state index contributed by atoms with van der Waals surface area (Å²) in [7, 11) is 0. The van der Waals surface area contributed by atoms with E-state index < -0.39 is 11.6 Å². The molecule has 0 saturated carbocycles. The zero-order chi connectivity index (χ0) is 12.3. The van der Waals surface area contributed by atoms with Crippen molar-refractivity contribution in [2.75, 3.05) is 13.2 Å². The Kier molecular flexibility index (Phi) is 3.74. The number of hydrogen-bond donors (Lipinski definition) is 1. The number of halogens is 2. The lowest BCUT2D eigenvalue weighted by atomic mass is 9.92. The van der Waals surface area contributed by atoms with Gasteiger partial charge in [0.1, 0.15) is 0 Å². The summed E-state index contributed by atoms with van der Waals surface area (Å²) < 4.78 is 31.7. The van der Waals surface area contributed by atoms with Crippen molar-refractivity contribution in [2.24, 2.45) is 0 Å². The number of hydrogen-bond acceptors (Lipinski definition) is 2. The highest BCUT2D eigenvalue weighted by Crippen LogP contribution is 2.21. The lowest BCUT2D eigenvalue weighted by Crippen LogP contribution is -2.46. The van der Waals surface area contributed by atoms with Gasteiger partial charge in [0, 0.05) is 30.9 Å². The molecule has 0 amide bonds. The third kappa shape index (κ3) is 3.01. The molecule has 0 aromatic heterocycles. The van der Waals surface area contributed by atoms with Gasteiger partial charge in [-0.3, -0.25) is 0 Å². The fourth-order valence-electron chi connectivity index (χ4n) is 1.99. The average molecular weight is 241 g/mol. The van der Waals surface area contributed by atoms with Crippen LogP contribution in [0.5, 0.6) is 0 Å². The molecule has 1 aromatic rings. The molecule has 2 nitrogen and oxygen atoms in total. The molecule has 17 heavy (non-hydrogen) atoms. The molecule has 0 aliphatic carbocycles. The fourth-order valence-corrected chi connectivity index (χ4v) is 1.99. The maximum absolute atomic E-state index is 13.4. The number of ether oxygens (including phenoxy) is 1. The Morgan fingerprint density at radius 1 is 1.29 bits per heavy atom. The monoisotopic (exact) mass is 241 g/mol. The zero-order valence-electron chi connectivity index (χ0n) is 9.93. The van der Waals surface area contributed by atoms with E-state index in [4.69, 9.17) is 4.74 Å². The topological polar surface area (TPSA) is 21.3 Å². The Morgan fingerprint density at radius 3 is 2.71 bits per heavy atom. The molecular weight excluding hydrogens is 224 g/mol. The van der Waals surface area contributed by atoms with Crippen LogP contribution < -0.4 is 5.32 Å². The van der Waals surface area contributed by atoms with E-state index in [9.17, 15) is 8.78 Å². The second-order valence-electron chi connectivity index (χ2n) is 4.74. The molecule has 1 N–H and O–H groups in total. The summed E-state index contributed by atoms with van der Waals surface area (Å²) >= 11 is 0. The van der Waals surface area contributed by atoms with E-state index in [1.807, 2.05) is 0 Å². The molecule has 0 radical (unpaired) electrons. The van der Waals surface area contributed by atoms with Crippen molar-refractivity contribution in [2.45, 2.75) is 31.8 Å². The van der Waals surface area contributed by atoms with Crippen molar-refractivity contribution in [3.05, 3.63) is 35.4 Å². The lowest BCUT2D eigenvalue weighted by Gasteiger charge is -2.34. The van der Waals surface area contributed by atoms with Gasteiger partial charge < -0.3 is 10.1 Å². The smallest absolute Gasteiger partial charge is 0.163 e. The maximum Gasteiger partial charge on any atom is 0.163 e. The van der Waals surface area contributed by atoms with Crippen LogP contribution in [0.15, 0.2) is 18.2 Å². The van der Waals surface area contributed by atoms with E-state index in [-0.39, 0.29) is 5.54 Å². The highest BCUT2D eigenvalue weighted by molar-refractivity contribution is 5.19. The first-order valence-corrected chi connectivity index (χ1v) is 5.86. The van der Waals surface area contributed by atoms with Crippen LogP contribution in [0.2, 0.25) is 0 Å². The molecule has 0 unspecified atom stereocenters. The summed E-state index contributed by atoms with van der Waals surface area (Å²) in [6.07, 6.45) is 1.79. The summed E-state index contributed by atoms with van der Waals surface area (Å²) in [5, 5.41) is 3.30. The van der Waals surface area contributed by atoms with Gasteiger partial charge in [-0.1, -0.05) is 12.1 Å². The van der Waals surface area contributed by atoms with Gasteiger partial charge >= 0.3 is 0 Å². The van der Waals surface area contributed by atoms with Crippen LogP contribution in [0.4, 0.5) is 8.78 Å². The van der Waals surface area contributed by atoms with Crippen LogP contribution in [0, 0.1) is 11.6 Å². The van der Waals surface area contributed by atoms with Crippen molar-refractivity contribution in [1.82, 2.24) is 5.32 Å². The zero-order valence-corrected chi connectivity index (χ0v) is 9.93. The highest BCUT2D eigenvalue weighted by atomic mass is 19.2. The van der Waals surface area contributed by atoms with Crippen LogP contribution in [-0.4, -0.2) is 18.8 Å². The second-order valence-corrected chi connectivity index (χ2v) is 4.74. The molecule has 0 bridgehead atoms. The van der Waals surface area contributed by atoms with Gasteiger partial charge in [-0.2, -0.15) is 0 Å². The Hall–Kier alpha value is -1.00. The summed E-state index contributed by atoms with van der Waals surface area (Å²) in [5.41, 5.74) is 0.328. The van der Waals surface area contributed by atoms with E-state index in [1.54, 1.807) is 6.07 Å². The van der Waals surface area contributed by atoms with Gasteiger partial charge in [0.2, 0.25) is 0 Å². The van der Waals surface area contributed by atoms with Crippen LogP contribution in [0.3, 0.4) is 0 Å². The van der Waals surface area contributed by atoms with Gasteiger partial charge in [0.05, 0.1) is 0 Å². The SMILES string of the molecule is CC1(NCc2cccc(F)c2F)CCOCC1. The molecule has 1 aromatic carbocycles. The Morgan fingerprint density at radius 2 is 2.00 bits per heavy atom. The normalized spacial score (nSPS) is 19.2. The predicted molar refractivity (Wildman–Crippen MR) is 61.7 cm³/mol. The first-order valence-electron chi connectivity index (χ1n) is 5.86. The largest absolute Gasteiger partial charge is 0.381 e. The molecule has 0 atom stereocenters. The lowest BCUT2D eigenvalue weighted by molar-refractivity contribution is 0.0445. The van der Waals surface area contributed by atoms with Crippen molar-refractivity contribution >= 4 is 0 Å². The van der Waals surface area contributed by atoms with Gasteiger partial charge in [-0.05, 0) is 25.8 Å². The van der Waals surface area contributed by atoms with E-state index in [0.29, 0.717) is 12.1 Å². The van der Waals surface area contributed by atoms with Gasteiger partial charge in [0.25, 0.3) is 0 Å². The molecule has 4 heteroatoms. The molecule has 94 valence electrons. The van der Waals surface area contributed by atoms with E-state index >= 15 is 0 Å². The van der Waals surface area contributed by atoms with Crippen LogP contribution in [-0.2, 0) is 11.3 Å². The maximum atomic E-state index is 13.4. The minimum absolute atomic E-state index is 0.0446. The van der Waals surface area contributed by atoms with Crippen molar-refractivity contribution < 1.29 is 13.5 Å². The summed E-state index contributed by atoms with van der Waals surface area (Å²) in [6.45, 7) is 3.87. The predicted octanol–water partition coefficient (Wildman–Crippen LogP) is 2.62. The molecular formula is C13H17F2NO. The number of nitrogens with one attached hydrogen (secondary N) is 1. The molecule has 0 spiro atoms. The fraction of sp³-hybridized carbons (Fsp3) is 0.538. The Balaban J connectivity index is 1.99. The van der Waals surface area contributed by atoms with Gasteiger partial charge in [-0.25, -0.2) is 8.78 Å². The number of benzene rings is 1. The third-order valence-electron chi connectivity index (χ3n) is 3.33. The van der Waals surface area contributed by atoms with E-state index in [2.05, 4.69) is 12.2 Å². The quantitative estimate of drug-likeness (QED) is 0.878. The summed E-state index contributed by atoms with van der Waals surface area (Å²) in [6, 6.07) is 4.27. The Bertz CT molecular complexity index is 389. The first kappa shape index (κ1) is 12.5. The highest BCUT2D eigenvalue weighted by Gasteiger charge is 2.26.